The quantitative estimate of drug-likeness (QED) is 0.549. The summed E-state index contributed by atoms with van der Waals surface area (Å²) in [6.07, 6.45) is 7.93. The van der Waals surface area contributed by atoms with Gasteiger partial charge >= 0.3 is 0 Å². The van der Waals surface area contributed by atoms with Crippen LogP contribution in [0.5, 0.6) is 0 Å². The van der Waals surface area contributed by atoms with Gasteiger partial charge in [0.1, 0.15) is 10.5 Å². The number of rotatable bonds is 5. The highest BCUT2D eigenvalue weighted by Gasteiger charge is 2.39. The molecule has 0 radical (unpaired) electrons. The second-order valence-electron chi connectivity index (χ2n) is 9.45. The summed E-state index contributed by atoms with van der Waals surface area (Å²) in [5, 5.41) is 18.8. The number of nitrogens with one attached hydrogen (secondary N) is 1. The van der Waals surface area contributed by atoms with Crippen LogP contribution in [0.4, 0.5) is 5.95 Å². The first-order valence-corrected chi connectivity index (χ1v) is 13.0. The van der Waals surface area contributed by atoms with Gasteiger partial charge < -0.3 is 10.4 Å². The van der Waals surface area contributed by atoms with Crippen molar-refractivity contribution in [2.24, 2.45) is 7.05 Å². The molecule has 3 aromatic heterocycles. The van der Waals surface area contributed by atoms with Crippen molar-refractivity contribution >= 4 is 27.0 Å². The standard InChI is InChI=1S/C22H29N7O4S/c1-22(31)9-3-4-18(22)29-19(30)6-5-15-12-23-21(26-20(15)29)25-16-7-10-28(11-8-16)34(32,33)17-13-24-27(2)14-17/h5-6,12-14,16,18,31H,3-4,7-11H2,1-2H3,(H,23,25,26)/t18-,22-/m0/s1. The van der Waals surface area contributed by atoms with Gasteiger partial charge in [-0.2, -0.15) is 14.4 Å². The molecule has 0 unspecified atom stereocenters. The summed E-state index contributed by atoms with van der Waals surface area (Å²) in [4.78, 5) is 22.0. The lowest BCUT2D eigenvalue weighted by atomic mass is 10.00. The lowest BCUT2D eigenvalue weighted by Gasteiger charge is -2.31. The van der Waals surface area contributed by atoms with E-state index in [0.717, 1.165) is 11.8 Å². The van der Waals surface area contributed by atoms with E-state index in [1.807, 2.05) is 0 Å². The zero-order valence-electron chi connectivity index (χ0n) is 19.3. The maximum Gasteiger partial charge on any atom is 0.252 e. The van der Waals surface area contributed by atoms with Gasteiger partial charge in [0.2, 0.25) is 16.0 Å². The Morgan fingerprint density at radius 3 is 2.59 bits per heavy atom. The van der Waals surface area contributed by atoms with Gasteiger partial charge in [0.15, 0.2) is 0 Å². The van der Waals surface area contributed by atoms with Crippen LogP contribution in [-0.4, -0.2) is 66.9 Å². The van der Waals surface area contributed by atoms with Crippen LogP contribution in [0, 0.1) is 0 Å². The van der Waals surface area contributed by atoms with Crippen molar-refractivity contribution in [1.29, 1.82) is 0 Å². The van der Waals surface area contributed by atoms with Crippen molar-refractivity contribution in [1.82, 2.24) is 28.6 Å². The normalized spacial score (nSPS) is 24.6. The smallest absolute Gasteiger partial charge is 0.252 e. The fraction of sp³-hybridized carbons (Fsp3) is 0.545. The predicted octanol–water partition coefficient (Wildman–Crippen LogP) is 1.27. The molecule has 2 aliphatic rings. The van der Waals surface area contributed by atoms with E-state index in [-0.39, 0.29) is 22.5 Å². The Balaban J connectivity index is 1.34. The minimum atomic E-state index is -3.57. The highest BCUT2D eigenvalue weighted by molar-refractivity contribution is 7.89. The zero-order valence-corrected chi connectivity index (χ0v) is 20.1. The fourth-order valence-electron chi connectivity index (χ4n) is 5.05. The summed E-state index contributed by atoms with van der Waals surface area (Å²) in [5.41, 5.74) is -0.671. The van der Waals surface area contributed by atoms with Gasteiger partial charge in [-0.25, -0.2) is 13.4 Å². The molecule has 2 atom stereocenters. The molecule has 1 saturated heterocycles. The van der Waals surface area contributed by atoms with Crippen molar-refractivity contribution in [2.75, 3.05) is 18.4 Å². The van der Waals surface area contributed by atoms with Crippen LogP contribution in [0.1, 0.15) is 45.1 Å². The molecule has 5 rings (SSSR count). The maximum absolute atomic E-state index is 12.8. The average molecular weight is 488 g/mol. The topological polar surface area (TPSA) is 135 Å². The Labute approximate surface area is 197 Å². The van der Waals surface area contributed by atoms with E-state index in [1.165, 1.54) is 27.4 Å². The van der Waals surface area contributed by atoms with Gasteiger partial charge in [0.05, 0.1) is 17.8 Å². The third-order valence-corrected chi connectivity index (χ3v) is 8.81. The van der Waals surface area contributed by atoms with Gasteiger partial charge in [-0.15, -0.1) is 0 Å². The van der Waals surface area contributed by atoms with Gasteiger partial charge in [-0.3, -0.25) is 14.0 Å². The second kappa shape index (κ2) is 8.43. The first kappa shape index (κ1) is 22.9. The number of hydrogen-bond acceptors (Lipinski definition) is 8. The number of hydrogen-bond donors (Lipinski definition) is 2. The number of piperidine rings is 1. The zero-order chi connectivity index (χ0) is 24.1. The summed E-state index contributed by atoms with van der Waals surface area (Å²) in [7, 11) is -1.88. The molecule has 0 amide bonds. The molecule has 1 aliphatic carbocycles. The lowest BCUT2D eigenvalue weighted by molar-refractivity contribution is 0.0267. The number of aromatic nitrogens is 5. The van der Waals surface area contributed by atoms with E-state index in [1.54, 1.807) is 30.8 Å². The number of nitrogens with zero attached hydrogens (tertiary/aromatic N) is 6. The largest absolute Gasteiger partial charge is 0.388 e. The Kier molecular flexibility index (Phi) is 5.69. The maximum atomic E-state index is 12.8. The summed E-state index contributed by atoms with van der Waals surface area (Å²) in [5.74, 6) is 0.387. The third-order valence-electron chi connectivity index (χ3n) is 6.96. The number of aryl methyl sites for hydroxylation is 1. The molecular formula is C22H29N7O4S. The molecule has 34 heavy (non-hydrogen) atoms. The van der Waals surface area contributed by atoms with Crippen LogP contribution in [0.25, 0.3) is 11.0 Å². The van der Waals surface area contributed by atoms with E-state index in [9.17, 15) is 18.3 Å². The highest BCUT2D eigenvalue weighted by atomic mass is 32.2. The fourth-order valence-corrected chi connectivity index (χ4v) is 6.51. The summed E-state index contributed by atoms with van der Waals surface area (Å²) in [6, 6.07) is 2.85. The molecule has 3 aromatic rings. The first-order chi connectivity index (χ1) is 16.1. The first-order valence-electron chi connectivity index (χ1n) is 11.5. The molecule has 1 saturated carbocycles. The summed E-state index contributed by atoms with van der Waals surface area (Å²) >= 11 is 0. The van der Waals surface area contributed by atoms with Crippen LogP contribution < -0.4 is 10.9 Å². The molecule has 11 nitrogen and oxygen atoms in total. The Morgan fingerprint density at radius 1 is 1.18 bits per heavy atom. The number of aliphatic hydroxyl groups is 1. The molecule has 2 fully saturated rings. The molecule has 2 N–H and O–H groups in total. The van der Waals surface area contributed by atoms with E-state index in [0.29, 0.717) is 50.4 Å². The van der Waals surface area contributed by atoms with Gasteiger partial charge in [-0.05, 0) is 45.1 Å². The van der Waals surface area contributed by atoms with E-state index in [4.69, 9.17) is 0 Å². The van der Waals surface area contributed by atoms with Crippen molar-refractivity contribution in [3.63, 3.8) is 0 Å². The van der Waals surface area contributed by atoms with E-state index in [2.05, 4.69) is 20.4 Å². The Bertz CT molecular complexity index is 1370. The minimum Gasteiger partial charge on any atom is -0.388 e. The number of anilines is 1. The van der Waals surface area contributed by atoms with Crippen LogP contribution in [0.3, 0.4) is 0 Å². The monoisotopic (exact) mass is 487 g/mol. The molecule has 0 aromatic carbocycles. The van der Waals surface area contributed by atoms with E-state index < -0.39 is 15.6 Å². The lowest BCUT2D eigenvalue weighted by Crippen LogP contribution is -2.42. The molecule has 182 valence electrons. The molecule has 4 heterocycles. The Hall–Kier alpha value is -2.83. The van der Waals surface area contributed by atoms with Crippen molar-refractivity contribution in [2.45, 2.75) is 61.6 Å². The average Bonchev–Trinajstić information content (AvgIpc) is 3.39. The summed E-state index contributed by atoms with van der Waals surface area (Å²) < 4.78 is 30.2. The predicted molar refractivity (Wildman–Crippen MR) is 126 cm³/mol. The van der Waals surface area contributed by atoms with Crippen molar-refractivity contribution in [3.8, 4) is 0 Å². The van der Waals surface area contributed by atoms with Crippen LogP contribution >= 0.6 is 0 Å². The van der Waals surface area contributed by atoms with Crippen LogP contribution in [0.15, 0.2) is 40.4 Å². The Morgan fingerprint density at radius 2 is 1.94 bits per heavy atom. The molecule has 0 spiro atoms. The molecule has 0 bridgehead atoms. The summed E-state index contributed by atoms with van der Waals surface area (Å²) in [6.45, 7) is 2.51. The van der Waals surface area contributed by atoms with Crippen LogP contribution in [-0.2, 0) is 17.1 Å². The second-order valence-corrected chi connectivity index (χ2v) is 11.4. The molecule has 12 heteroatoms. The van der Waals surface area contributed by atoms with E-state index >= 15 is 0 Å². The van der Waals surface area contributed by atoms with Crippen LogP contribution in [0.2, 0.25) is 0 Å². The minimum absolute atomic E-state index is 0.00345. The highest BCUT2D eigenvalue weighted by Crippen LogP contribution is 2.39. The number of sulfonamides is 1. The van der Waals surface area contributed by atoms with Crippen molar-refractivity contribution < 1.29 is 13.5 Å². The number of fused-ring (bicyclic) bond motifs is 1. The van der Waals surface area contributed by atoms with Gasteiger partial charge in [0.25, 0.3) is 5.56 Å². The molecule has 1 aliphatic heterocycles. The SMILES string of the molecule is Cn1cc(S(=O)(=O)N2CCC(Nc3ncc4ccc(=O)n([C@H]5CCC[C@]5(C)O)c4n3)CC2)cn1. The van der Waals surface area contributed by atoms with Gasteiger partial charge in [-0.1, -0.05) is 0 Å². The van der Waals surface area contributed by atoms with Gasteiger partial charge in [0, 0.05) is 50.0 Å². The third kappa shape index (κ3) is 4.10. The molecular weight excluding hydrogens is 458 g/mol. The number of pyridine rings is 1. The van der Waals surface area contributed by atoms with Crippen molar-refractivity contribution in [3.05, 3.63) is 41.1 Å².